The lowest BCUT2D eigenvalue weighted by molar-refractivity contribution is -0.141. The molecular formula is C39H35N3O5. The normalized spacial score (nSPS) is 11.6. The second kappa shape index (κ2) is 15.0. The first-order chi connectivity index (χ1) is 23.1. The third-order valence-corrected chi connectivity index (χ3v) is 7.77. The number of fused-ring (bicyclic) bond motifs is 1. The maximum absolute atomic E-state index is 13.6. The molecule has 47 heavy (non-hydrogen) atoms. The van der Waals surface area contributed by atoms with Gasteiger partial charge in [0.1, 0.15) is 23.9 Å². The second-order valence-electron chi connectivity index (χ2n) is 11.0. The van der Waals surface area contributed by atoms with Crippen molar-refractivity contribution in [3.63, 3.8) is 0 Å². The highest BCUT2D eigenvalue weighted by Crippen LogP contribution is 2.25. The lowest BCUT2D eigenvalue weighted by Crippen LogP contribution is -2.33. The highest BCUT2D eigenvalue weighted by atomic mass is 16.5. The molecule has 0 aliphatic heterocycles. The van der Waals surface area contributed by atoms with Crippen LogP contribution in [0.2, 0.25) is 0 Å². The number of rotatable bonds is 14. The van der Waals surface area contributed by atoms with E-state index in [1.54, 1.807) is 12.1 Å². The Labute approximate surface area is 273 Å². The van der Waals surface area contributed by atoms with Crippen molar-refractivity contribution in [1.29, 1.82) is 0 Å². The van der Waals surface area contributed by atoms with Gasteiger partial charge in [0.15, 0.2) is 11.4 Å². The summed E-state index contributed by atoms with van der Waals surface area (Å²) in [7, 11) is 1.36. The number of esters is 1. The third-order valence-electron chi connectivity index (χ3n) is 7.77. The largest absolute Gasteiger partial charge is 0.492 e. The van der Waals surface area contributed by atoms with Gasteiger partial charge in [-0.25, -0.2) is 9.78 Å². The number of aromatic nitrogens is 1. The van der Waals surface area contributed by atoms with Crippen LogP contribution in [0.15, 0.2) is 132 Å². The number of nitrogens with zero attached hydrogens (tertiary/aromatic N) is 1. The Morgan fingerprint density at radius 1 is 0.787 bits per heavy atom. The molecular weight excluding hydrogens is 590 g/mol. The zero-order valence-electron chi connectivity index (χ0n) is 26.0. The average molecular weight is 626 g/mol. The number of para-hydroxylation sites is 3. The fourth-order valence-corrected chi connectivity index (χ4v) is 5.32. The number of carbonyl (C=O) groups excluding carboxylic acids is 2. The van der Waals surface area contributed by atoms with Crippen LogP contribution >= 0.6 is 0 Å². The maximum Gasteiger partial charge on any atom is 0.328 e. The van der Waals surface area contributed by atoms with E-state index >= 15 is 0 Å². The van der Waals surface area contributed by atoms with E-state index in [1.807, 2.05) is 115 Å². The number of ketones is 1. The van der Waals surface area contributed by atoms with Gasteiger partial charge in [-0.2, -0.15) is 0 Å². The van der Waals surface area contributed by atoms with E-state index in [2.05, 4.69) is 15.6 Å². The van der Waals surface area contributed by atoms with Crippen molar-refractivity contribution < 1.29 is 23.5 Å². The van der Waals surface area contributed by atoms with Gasteiger partial charge in [-0.15, -0.1) is 0 Å². The molecule has 0 amide bonds. The summed E-state index contributed by atoms with van der Waals surface area (Å²) in [5.74, 6) is 0.786. The fraction of sp³-hybridized carbons (Fsp3) is 0.154. The Bertz CT molecular complexity index is 1900. The average Bonchev–Trinajstić information content (AvgIpc) is 3.55. The quantitative estimate of drug-likeness (QED) is 0.0752. The van der Waals surface area contributed by atoms with Crippen LogP contribution in [0.4, 0.5) is 5.69 Å². The summed E-state index contributed by atoms with van der Waals surface area (Å²) in [5, 5.41) is 6.55. The molecule has 8 nitrogen and oxygen atoms in total. The smallest absolute Gasteiger partial charge is 0.328 e. The summed E-state index contributed by atoms with van der Waals surface area (Å²) in [5.41, 5.74) is 6.23. The third kappa shape index (κ3) is 7.92. The number of hydrogen-bond donors (Lipinski definition) is 2. The number of nitrogens with one attached hydrogen (secondary N) is 2. The van der Waals surface area contributed by atoms with Crippen molar-refractivity contribution in [2.75, 3.05) is 25.6 Å². The fourth-order valence-electron chi connectivity index (χ4n) is 5.32. The standard InChI is InChI=1S/C39H35N3O5/c1-45-39(44)35(25-27-15-21-31(22-16-27)46-24-23-40-26-37-42-34-13-7-8-14-36(34)47-37)41-33-12-6-5-11-32(33)38(43)30-19-17-29(18-20-30)28-9-3-2-4-10-28/h2-22,35,40-41H,23-26H2,1H3. The topological polar surface area (TPSA) is 103 Å². The molecule has 0 bridgehead atoms. The molecule has 5 aromatic carbocycles. The lowest BCUT2D eigenvalue weighted by Gasteiger charge is -2.20. The summed E-state index contributed by atoms with van der Waals surface area (Å²) >= 11 is 0. The van der Waals surface area contributed by atoms with Gasteiger partial charge in [-0.1, -0.05) is 91.0 Å². The molecule has 1 aromatic heterocycles. The number of ether oxygens (including phenoxy) is 2. The van der Waals surface area contributed by atoms with Crippen molar-refractivity contribution >= 4 is 28.5 Å². The van der Waals surface area contributed by atoms with Gasteiger partial charge in [-0.05, 0) is 53.1 Å². The summed E-state index contributed by atoms with van der Waals surface area (Å²) in [6, 6.07) is 39.3. The van der Waals surface area contributed by atoms with E-state index < -0.39 is 12.0 Å². The predicted molar refractivity (Wildman–Crippen MR) is 183 cm³/mol. The summed E-state index contributed by atoms with van der Waals surface area (Å²) in [6.45, 7) is 1.59. The molecule has 1 atom stereocenters. The molecule has 0 spiro atoms. The zero-order chi connectivity index (χ0) is 32.4. The van der Waals surface area contributed by atoms with Gasteiger partial charge < -0.3 is 24.5 Å². The molecule has 0 radical (unpaired) electrons. The molecule has 8 heteroatoms. The predicted octanol–water partition coefficient (Wildman–Crippen LogP) is 7.09. The van der Waals surface area contributed by atoms with Gasteiger partial charge in [0.25, 0.3) is 0 Å². The SMILES string of the molecule is COC(=O)C(Cc1ccc(OCCNCc2nc3ccccc3o2)cc1)Nc1ccccc1C(=O)c1ccc(-c2ccccc2)cc1. The number of anilines is 1. The van der Waals surface area contributed by atoms with Crippen LogP contribution < -0.4 is 15.4 Å². The molecule has 6 aromatic rings. The molecule has 2 N–H and O–H groups in total. The molecule has 236 valence electrons. The maximum atomic E-state index is 13.6. The molecule has 0 aliphatic rings. The molecule has 0 saturated carbocycles. The van der Waals surface area contributed by atoms with Crippen LogP contribution in [0, 0.1) is 0 Å². The Kier molecular flexibility index (Phi) is 10.00. The van der Waals surface area contributed by atoms with E-state index in [4.69, 9.17) is 13.9 Å². The number of hydrogen-bond acceptors (Lipinski definition) is 8. The second-order valence-corrected chi connectivity index (χ2v) is 11.0. The minimum absolute atomic E-state index is 0.138. The Balaban J connectivity index is 1.05. The van der Waals surface area contributed by atoms with Crippen LogP contribution in [-0.4, -0.2) is 43.0 Å². The number of oxazole rings is 1. The first-order valence-corrected chi connectivity index (χ1v) is 15.5. The number of methoxy groups -OCH3 is 1. The highest BCUT2D eigenvalue weighted by Gasteiger charge is 2.23. The first kappa shape index (κ1) is 31.3. The highest BCUT2D eigenvalue weighted by molar-refractivity contribution is 6.12. The molecule has 0 saturated heterocycles. The van der Waals surface area contributed by atoms with Crippen molar-refractivity contribution in [1.82, 2.24) is 10.3 Å². The van der Waals surface area contributed by atoms with Gasteiger partial charge in [0, 0.05) is 29.8 Å². The van der Waals surface area contributed by atoms with E-state index in [0.717, 1.165) is 27.8 Å². The zero-order valence-corrected chi connectivity index (χ0v) is 26.0. The van der Waals surface area contributed by atoms with Crippen LogP contribution in [-0.2, 0) is 22.5 Å². The summed E-state index contributed by atoms with van der Waals surface area (Å²) < 4.78 is 16.7. The number of carbonyl (C=O) groups is 2. The minimum atomic E-state index is -0.711. The van der Waals surface area contributed by atoms with E-state index in [0.29, 0.717) is 54.6 Å². The van der Waals surface area contributed by atoms with Crippen LogP contribution in [0.25, 0.3) is 22.2 Å². The van der Waals surface area contributed by atoms with Crippen molar-refractivity contribution in [3.05, 3.63) is 150 Å². The van der Waals surface area contributed by atoms with E-state index in [9.17, 15) is 9.59 Å². The van der Waals surface area contributed by atoms with Gasteiger partial charge in [0.05, 0.1) is 13.7 Å². The van der Waals surface area contributed by atoms with Crippen molar-refractivity contribution in [2.45, 2.75) is 19.0 Å². The Morgan fingerprint density at radius 2 is 1.49 bits per heavy atom. The van der Waals surface area contributed by atoms with Crippen LogP contribution in [0.5, 0.6) is 5.75 Å². The molecule has 0 aliphatic carbocycles. The number of benzene rings is 5. The van der Waals surface area contributed by atoms with E-state index in [-0.39, 0.29) is 5.78 Å². The molecule has 6 rings (SSSR count). The van der Waals surface area contributed by atoms with Gasteiger partial charge in [0.2, 0.25) is 5.89 Å². The van der Waals surface area contributed by atoms with Crippen LogP contribution in [0.1, 0.15) is 27.4 Å². The van der Waals surface area contributed by atoms with Gasteiger partial charge >= 0.3 is 5.97 Å². The Hall–Kier alpha value is -5.73. The first-order valence-electron chi connectivity index (χ1n) is 15.5. The molecule has 0 fully saturated rings. The van der Waals surface area contributed by atoms with Crippen molar-refractivity contribution in [3.8, 4) is 16.9 Å². The lowest BCUT2D eigenvalue weighted by atomic mass is 9.98. The van der Waals surface area contributed by atoms with E-state index in [1.165, 1.54) is 7.11 Å². The molecule has 1 unspecified atom stereocenters. The van der Waals surface area contributed by atoms with Gasteiger partial charge in [-0.3, -0.25) is 4.79 Å². The minimum Gasteiger partial charge on any atom is -0.492 e. The van der Waals surface area contributed by atoms with Crippen LogP contribution in [0.3, 0.4) is 0 Å². The van der Waals surface area contributed by atoms with Crippen molar-refractivity contribution in [2.24, 2.45) is 0 Å². The monoisotopic (exact) mass is 625 g/mol. The molecule has 1 heterocycles. The Morgan fingerprint density at radius 3 is 2.26 bits per heavy atom. The summed E-state index contributed by atoms with van der Waals surface area (Å²) in [4.78, 5) is 30.9. The summed E-state index contributed by atoms with van der Waals surface area (Å²) in [6.07, 6.45) is 0.354.